The minimum atomic E-state index is -0.482. The van der Waals surface area contributed by atoms with Crippen molar-refractivity contribution >= 4 is 17.9 Å². The molecule has 2 rings (SSSR count). The van der Waals surface area contributed by atoms with Gasteiger partial charge in [0.1, 0.15) is 17.2 Å². The molecule has 0 saturated carbocycles. The first kappa shape index (κ1) is 30.8. The molecule has 2 aromatic rings. The molecule has 0 bridgehead atoms. The van der Waals surface area contributed by atoms with Crippen molar-refractivity contribution in [2.45, 2.75) is 78.1 Å². The SMILES string of the molecule is CC(=O)Oc1ccc(OC(=O)c2ccc(OCCCCCCCCOC(=O)CCCCCO)cc2)cc1C. The second-order valence-corrected chi connectivity index (χ2v) is 9.16. The van der Waals surface area contributed by atoms with E-state index in [4.69, 9.17) is 24.1 Å². The van der Waals surface area contributed by atoms with Crippen LogP contribution in [0.15, 0.2) is 42.5 Å². The summed E-state index contributed by atoms with van der Waals surface area (Å²) in [5.41, 5.74) is 1.10. The van der Waals surface area contributed by atoms with Crippen LogP contribution in [0.2, 0.25) is 0 Å². The second kappa shape index (κ2) is 18.0. The zero-order chi connectivity index (χ0) is 27.6. The second-order valence-electron chi connectivity index (χ2n) is 9.16. The Kier molecular flexibility index (Phi) is 14.6. The number of aliphatic hydroxyl groups excluding tert-OH is 1. The van der Waals surface area contributed by atoms with Gasteiger partial charge < -0.3 is 24.1 Å². The number of hydrogen-bond acceptors (Lipinski definition) is 8. The Morgan fingerprint density at radius 1 is 0.737 bits per heavy atom. The number of aryl methyl sites for hydroxylation is 1. The smallest absolute Gasteiger partial charge is 0.343 e. The van der Waals surface area contributed by atoms with Crippen molar-refractivity contribution in [3.63, 3.8) is 0 Å². The Hall–Kier alpha value is -3.39. The fraction of sp³-hybridized carbons (Fsp3) is 0.500. The molecule has 0 atom stereocenters. The predicted octanol–water partition coefficient (Wildman–Crippen LogP) is 5.95. The van der Waals surface area contributed by atoms with Gasteiger partial charge in [0.25, 0.3) is 0 Å². The number of carbonyl (C=O) groups excluding carboxylic acids is 3. The van der Waals surface area contributed by atoms with E-state index in [9.17, 15) is 14.4 Å². The highest BCUT2D eigenvalue weighted by atomic mass is 16.5. The molecule has 0 radical (unpaired) electrons. The molecule has 0 unspecified atom stereocenters. The molecule has 38 heavy (non-hydrogen) atoms. The molecular weight excluding hydrogens is 488 g/mol. The maximum atomic E-state index is 12.4. The topological polar surface area (TPSA) is 108 Å². The number of carbonyl (C=O) groups is 3. The molecule has 0 aromatic heterocycles. The van der Waals surface area contributed by atoms with Gasteiger partial charge in [0.15, 0.2) is 0 Å². The Bertz CT molecular complexity index is 1000. The molecular formula is C30H40O8. The monoisotopic (exact) mass is 528 g/mol. The summed E-state index contributed by atoms with van der Waals surface area (Å²) >= 11 is 0. The Morgan fingerprint density at radius 2 is 1.37 bits per heavy atom. The average molecular weight is 529 g/mol. The number of aliphatic hydroxyl groups is 1. The summed E-state index contributed by atoms with van der Waals surface area (Å²) in [6, 6.07) is 11.7. The highest BCUT2D eigenvalue weighted by Gasteiger charge is 2.11. The average Bonchev–Trinajstić information content (AvgIpc) is 2.89. The summed E-state index contributed by atoms with van der Waals surface area (Å²) in [5.74, 6) is 0.460. The standard InChI is InChI=1S/C30H40O8/c1-23-22-27(17-18-28(23)37-24(2)32)38-30(34)25-13-15-26(16-14-25)35-20-10-5-3-4-6-11-21-36-29(33)12-8-7-9-19-31/h13-18,22,31H,3-12,19-21H2,1-2H3. The lowest BCUT2D eigenvalue weighted by Crippen LogP contribution is -2.09. The third kappa shape index (κ3) is 12.7. The van der Waals surface area contributed by atoms with Crippen LogP contribution in [0.4, 0.5) is 0 Å². The van der Waals surface area contributed by atoms with Gasteiger partial charge in [0, 0.05) is 20.0 Å². The molecule has 0 heterocycles. The van der Waals surface area contributed by atoms with E-state index in [2.05, 4.69) is 0 Å². The van der Waals surface area contributed by atoms with Crippen LogP contribution >= 0.6 is 0 Å². The summed E-state index contributed by atoms with van der Waals surface area (Å²) in [4.78, 5) is 35.1. The Balaban J connectivity index is 1.55. The largest absolute Gasteiger partial charge is 0.494 e. The quantitative estimate of drug-likeness (QED) is 0.144. The number of hydrogen-bond donors (Lipinski definition) is 1. The van der Waals surface area contributed by atoms with E-state index in [-0.39, 0.29) is 12.6 Å². The van der Waals surface area contributed by atoms with E-state index in [1.807, 2.05) is 0 Å². The summed E-state index contributed by atoms with van der Waals surface area (Å²) in [7, 11) is 0. The van der Waals surface area contributed by atoms with Gasteiger partial charge in [0.05, 0.1) is 18.8 Å². The minimum Gasteiger partial charge on any atom is -0.494 e. The van der Waals surface area contributed by atoms with Crippen molar-refractivity contribution in [2.24, 2.45) is 0 Å². The highest BCUT2D eigenvalue weighted by molar-refractivity contribution is 5.91. The summed E-state index contributed by atoms with van der Waals surface area (Å²) in [6.45, 7) is 4.36. The third-order valence-electron chi connectivity index (χ3n) is 5.81. The lowest BCUT2D eigenvalue weighted by Gasteiger charge is -2.09. The van der Waals surface area contributed by atoms with E-state index >= 15 is 0 Å². The molecule has 8 heteroatoms. The minimum absolute atomic E-state index is 0.146. The van der Waals surface area contributed by atoms with Crippen molar-refractivity contribution in [1.82, 2.24) is 0 Å². The van der Waals surface area contributed by atoms with Crippen molar-refractivity contribution < 1.29 is 38.4 Å². The number of benzene rings is 2. The fourth-order valence-corrected chi connectivity index (χ4v) is 3.73. The maximum Gasteiger partial charge on any atom is 0.343 e. The van der Waals surface area contributed by atoms with E-state index in [1.165, 1.54) is 6.92 Å². The number of esters is 3. The van der Waals surface area contributed by atoms with Gasteiger partial charge >= 0.3 is 17.9 Å². The van der Waals surface area contributed by atoms with Crippen LogP contribution in [0, 0.1) is 6.92 Å². The molecule has 0 aliphatic heterocycles. The first-order chi connectivity index (χ1) is 18.4. The normalized spacial score (nSPS) is 10.6. The van der Waals surface area contributed by atoms with Gasteiger partial charge in [-0.2, -0.15) is 0 Å². The van der Waals surface area contributed by atoms with Crippen LogP contribution in [-0.2, 0) is 14.3 Å². The summed E-state index contributed by atoms with van der Waals surface area (Å²) in [5, 5.41) is 8.72. The molecule has 0 saturated heterocycles. The lowest BCUT2D eigenvalue weighted by atomic mass is 10.1. The molecule has 0 fully saturated rings. The molecule has 208 valence electrons. The van der Waals surface area contributed by atoms with Gasteiger partial charge in [-0.15, -0.1) is 0 Å². The third-order valence-corrected chi connectivity index (χ3v) is 5.81. The number of unbranched alkanes of at least 4 members (excludes halogenated alkanes) is 7. The summed E-state index contributed by atoms with van der Waals surface area (Å²) < 4.78 is 21.5. The zero-order valence-corrected chi connectivity index (χ0v) is 22.5. The number of rotatable bonds is 18. The molecule has 0 amide bonds. The molecule has 0 spiro atoms. The molecule has 1 N–H and O–H groups in total. The van der Waals surface area contributed by atoms with Crippen LogP contribution in [0.1, 0.15) is 87.1 Å². The van der Waals surface area contributed by atoms with Gasteiger partial charge in [-0.3, -0.25) is 9.59 Å². The van der Waals surface area contributed by atoms with Gasteiger partial charge in [0.2, 0.25) is 0 Å². The van der Waals surface area contributed by atoms with E-state index in [0.717, 1.165) is 57.8 Å². The molecule has 0 aliphatic rings. The van der Waals surface area contributed by atoms with Crippen molar-refractivity contribution in [3.05, 3.63) is 53.6 Å². The van der Waals surface area contributed by atoms with Crippen molar-refractivity contribution in [1.29, 1.82) is 0 Å². The van der Waals surface area contributed by atoms with E-state index < -0.39 is 11.9 Å². The zero-order valence-electron chi connectivity index (χ0n) is 22.5. The highest BCUT2D eigenvalue weighted by Crippen LogP contribution is 2.24. The van der Waals surface area contributed by atoms with Crippen LogP contribution < -0.4 is 14.2 Å². The first-order valence-electron chi connectivity index (χ1n) is 13.4. The maximum absolute atomic E-state index is 12.4. The summed E-state index contributed by atoms with van der Waals surface area (Å²) in [6.07, 6.45) is 8.90. The first-order valence-corrected chi connectivity index (χ1v) is 13.4. The molecule has 0 aliphatic carbocycles. The van der Waals surface area contributed by atoms with Gasteiger partial charge in [-0.05, 0) is 80.6 Å². The lowest BCUT2D eigenvalue weighted by molar-refractivity contribution is -0.144. The number of ether oxygens (including phenoxy) is 4. The van der Waals surface area contributed by atoms with Crippen molar-refractivity contribution in [2.75, 3.05) is 19.8 Å². The van der Waals surface area contributed by atoms with Crippen LogP contribution in [0.25, 0.3) is 0 Å². The van der Waals surface area contributed by atoms with Crippen LogP contribution in [0.5, 0.6) is 17.2 Å². The Morgan fingerprint density at radius 3 is 2.03 bits per heavy atom. The fourth-order valence-electron chi connectivity index (χ4n) is 3.73. The molecule has 2 aromatic carbocycles. The predicted molar refractivity (Wildman–Crippen MR) is 144 cm³/mol. The van der Waals surface area contributed by atoms with E-state index in [0.29, 0.717) is 48.0 Å². The van der Waals surface area contributed by atoms with Crippen LogP contribution in [-0.4, -0.2) is 42.8 Å². The Labute approximate surface area is 225 Å². The van der Waals surface area contributed by atoms with E-state index in [1.54, 1.807) is 49.4 Å². The van der Waals surface area contributed by atoms with Gasteiger partial charge in [-0.25, -0.2) is 4.79 Å². The van der Waals surface area contributed by atoms with Crippen molar-refractivity contribution in [3.8, 4) is 17.2 Å². The van der Waals surface area contributed by atoms with Gasteiger partial charge in [-0.1, -0.05) is 32.1 Å². The van der Waals surface area contributed by atoms with Crippen LogP contribution in [0.3, 0.4) is 0 Å². The molecule has 8 nitrogen and oxygen atoms in total.